The summed E-state index contributed by atoms with van der Waals surface area (Å²) in [6.45, 7) is 0.160. The molecule has 0 bridgehead atoms. The summed E-state index contributed by atoms with van der Waals surface area (Å²) in [4.78, 5) is 40.9. The maximum Gasteiger partial charge on any atom is 0.269 e. The van der Waals surface area contributed by atoms with Crippen LogP contribution in [0.4, 0.5) is 15.8 Å². The molecule has 166 valence electrons. The van der Waals surface area contributed by atoms with Crippen molar-refractivity contribution < 1.29 is 18.8 Å². The van der Waals surface area contributed by atoms with Gasteiger partial charge < -0.3 is 5.32 Å². The third-order valence-corrected chi connectivity index (χ3v) is 7.15. The molecule has 0 unspecified atom stereocenters. The number of anilines is 2. The first kappa shape index (κ1) is 21.2. The van der Waals surface area contributed by atoms with E-state index in [9.17, 15) is 18.8 Å². The van der Waals surface area contributed by atoms with Gasteiger partial charge in [-0.05, 0) is 29.8 Å². The number of hydrogen-bond acceptors (Lipinski definition) is 4. The van der Waals surface area contributed by atoms with Crippen LogP contribution in [-0.4, -0.2) is 30.0 Å². The summed E-state index contributed by atoms with van der Waals surface area (Å²) in [6, 6.07) is 22.3. The first-order valence-electron chi connectivity index (χ1n) is 10.5. The summed E-state index contributed by atoms with van der Waals surface area (Å²) in [5.74, 6) is -1.42. The normalized spacial score (nSPS) is 19.3. The van der Waals surface area contributed by atoms with E-state index in [0.29, 0.717) is 23.5 Å². The summed E-state index contributed by atoms with van der Waals surface area (Å²) in [7, 11) is 0. The molecular formula is C25H20FN3O3S. The van der Waals surface area contributed by atoms with Crippen molar-refractivity contribution in [2.45, 2.75) is 11.4 Å². The highest BCUT2D eigenvalue weighted by Gasteiger charge is 2.61. The second kappa shape index (κ2) is 8.37. The SMILES string of the molecule is O=C(CN1C(=O)[C@@]2(SCC(=O)N2c2cccc(F)c2)c2ccccc21)NCc1ccccc1. The van der Waals surface area contributed by atoms with Gasteiger partial charge in [-0.3, -0.25) is 24.2 Å². The van der Waals surface area contributed by atoms with Gasteiger partial charge in [-0.15, -0.1) is 11.8 Å². The van der Waals surface area contributed by atoms with Crippen molar-refractivity contribution in [3.63, 3.8) is 0 Å². The van der Waals surface area contributed by atoms with Gasteiger partial charge in [0.05, 0.1) is 11.4 Å². The molecular weight excluding hydrogens is 441 g/mol. The first-order valence-corrected chi connectivity index (χ1v) is 11.4. The molecule has 0 aromatic heterocycles. The number of amides is 3. The van der Waals surface area contributed by atoms with E-state index in [4.69, 9.17) is 0 Å². The van der Waals surface area contributed by atoms with Crippen molar-refractivity contribution >= 4 is 40.9 Å². The minimum Gasteiger partial charge on any atom is -0.350 e. The van der Waals surface area contributed by atoms with Gasteiger partial charge in [-0.2, -0.15) is 0 Å². The summed E-state index contributed by atoms with van der Waals surface area (Å²) >= 11 is 1.19. The Bertz CT molecular complexity index is 1250. The average Bonchev–Trinajstić information content (AvgIpc) is 3.29. The number of rotatable bonds is 5. The minimum atomic E-state index is -1.37. The van der Waals surface area contributed by atoms with E-state index in [1.165, 1.54) is 39.8 Å². The molecule has 0 aliphatic carbocycles. The maximum atomic E-state index is 14.0. The number of fused-ring (bicyclic) bond motifs is 2. The molecule has 1 fully saturated rings. The Balaban J connectivity index is 1.47. The number of nitrogens with one attached hydrogen (secondary N) is 1. The van der Waals surface area contributed by atoms with E-state index in [1.807, 2.05) is 30.3 Å². The number of nitrogens with zero attached hydrogens (tertiary/aromatic N) is 2. The van der Waals surface area contributed by atoms with E-state index in [0.717, 1.165) is 5.56 Å². The molecule has 6 nitrogen and oxygen atoms in total. The fraction of sp³-hybridized carbons (Fsp3) is 0.160. The van der Waals surface area contributed by atoms with Crippen molar-refractivity contribution in [2.24, 2.45) is 0 Å². The molecule has 2 aliphatic heterocycles. The molecule has 33 heavy (non-hydrogen) atoms. The molecule has 1 spiro atoms. The molecule has 3 aromatic carbocycles. The van der Waals surface area contributed by atoms with Crippen LogP contribution in [-0.2, 0) is 25.8 Å². The van der Waals surface area contributed by atoms with Gasteiger partial charge in [0.25, 0.3) is 5.91 Å². The van der Waals surface area contributed by atoms with Crippen molar-refractivity contribution in [3.05, 3.63) is 95.8 Å². The van der Waals surface area contributed by atoms with Crippen LogP contribution in [0.2, 0.25) is 0 Å². The number of halogens is 1. The molecule has 3 aromatic rings. The Hall–Kier alpha value is -3.65. The topological polar surface area (TPSA) is 69.7 Å². The lowest BCUT2D eigenvalue weighted by atomic mass is 10.0. The maximum absolute atomic E-state index is 14.0. The van der Waals surface area contributed by atoms with Gasteiger partial charge in [-0.25, -0.2) is 4.39 Å². The summed E-state index contributed by atoms with van der Waals surface area (Å²) < 4.78 is 14.0. The van der Waals surface area contributed by atoms with E-state index in [-0.39, 0.29) is 24.1 Å². The Morgan fingerprint density at radius 1 is 1.00 bits per heavy atom. The Morgan fingerprint density at radius 3 is 2.55 bits per heavy atom. The van der Waals surface area contributed by atoms with Gasteiger partial charge in [0.1, 0.15) is 12.4 Å². The monoisotopic (exact) mass is 461 g/mol. The zero-order chi connectivity index (χ0) is 23.0. The number of thioether (sulfide) groups is 1. The van der Waals surface area contributed by atoms with E-state index >= 15 is 0 Å². The molecule has 5 rings (SSSR count). The zero-order valence-corrected chi connectivity index (χ0v) is 18.3. The van der Waals surface area contributed by atoms with Crippen molar-refractivity contribution in [1.82, 2.24) is 5.32 Å². The van der Waals surface area contributed by atoms with Gasteiger partial charge in [0.15, 0.2) is 0 Å². The fourth-order valence-corrected chi connectivity index (χ4v) is 5.68. The van der Waals surface area contributed by atoms with Crippen molar-refractivity contribution in [3.8, 4) is 0 Å². The smallest absolute Gasteiger partial charge is 0.269 e. The lowest BCUT2D eigenvalue weighted by Gasteiger charge is -2.33. The third-order valence-electron chi connectivity index (χ3n) is 5.76. The molecule has 0 radical (unpaired) electrons. The van der Waals surface area contributed by atoms with Gasteiger partial charge in [0, 0.05) is 17.8 Å². The highest BCUT2D eigenvalue weighted by atomic mass is 32.2. The van der Waals surface area contributed by atoms with Crippen LogP contribution in [0.5, 0.6) is 0 Å². The van der Waals surface area contributed by atoms with Gasteiger partial charge >= 0.3 is 0 Å². The van der Waals surface area contributed by atoms with Crippen LogP contribution in [0.25, 0.3) is 0 Å². The van der Waals surface area contributed by atoms with Gasteiger partial charge in [0.2, 0.25) is 16.7 Å². The van der Waals surface area contributed by atoms with Crippen LogP contribution in [0, 0.1) is 5.82 Å². The molecule has 1 saturated heterocycles. The molecule has 1 atom stereocenters. The average molecular weight is 462 g/mol. The molecule has 2 heterocycles. The summed E-state index contributed by atoms with van der Waals surface area (Å²) in [6.07, 6.45) is 0. The largest absolute Gasteiger partial charge is 0.350 e. The lowest BCUT2D eigenvalue weighted by molar-refractivity contribution is -0.125. The summed E-state index contributed by atoms with van der Waals surface area (Å²) in [5.41, 5.74) is 2.44. The number of carbonyl (C=O) groups is 3. The first-order chi connectivity index (χ1) is 16.0. The van der Waals surface area contributed by atoms with Crippen molar-refractivity contribution in [1.29, 1.82) is 0 Å². The predicted octanol–water partition coefficient (Wildman–Crippen LogP) is 3.42. The Kier molecular flexibility index (Phi) is 5.38. The lowest BCUT2D eigenvalue weighted by Crippen LogP contribution is -2.51. The second-order valence-corrected chi connectivity index (χ2v) is 8.98. The van der Waals surface area contributed by atoms with Crippen LogP contribution in [0.15, 0.2) is 78.9 Å². The zero-order valence-electron chi connectivity index (χ0n) is 17.5. The number of carbonyl (C=O) groups excluding carboxylic acids is 3. The minimum absolute atomic E-state index is 0.0740. The molecule has 3 amide bonds. The standard InChI is InChI=1S/C25H20FN3O3S/c26-18-9-6-10-19(13-18)29-23(31)16-33-25(29)20-11-4-5-12-21(20)28(24(25)32)15-22(30)27-14-17-7-2-1-3-8-17/h1-13H,14-16H2,(H,27,30)/t25-/m0/s1. The van der Waals surface area contributed by atoms with E-state index in [2.05, 4.69) is 5.32 Å². The second-order valence-electron chi connectivity index (χ2n) is 7.81. The Labute approximate surface area is 194 Å². The van der Waals surface area contributed by atoms with E-state index < -0.39 is 16.6 Å². The number of hydrogen-bond donors (Lipinski definition) is 1. The number of para-hydroxylation sites is 1. The molecule has 1 N–H and O–H groups in total. The van der Waals surface area contributed by atoms with E-state index in [1.54, 1.807) is 30.3 Å². The quantitative estimate of drug-likeness (QED) is 0.632. The Morgan fingerprint density at radius 2 is 1.76 bits per heavy atom. The molecule has 8 heteroatoms. The summed E-state index contributed by atoms with van der Waals surface area (Å²) in [5, 5.41) is 2.85. The highest BCUT2D eigenvalue weighted by Crippen LogP contribution is 2.55. The molecule has 2 aliphatic rings. The number of benzene rings is 3. The molecule has 0 saturated carbocycles. The fourth-order valence-electron chi connectivity index (χ4n) is 4.32. The van der Waals surface area contributed by atoms with Crippen LogP contribution >= 0.6 is 11.8 Å². The van der Waals surface area contributed by atoms with Gasteiger partial charge in [-0.1, -0.05) is 54.6 Å². The predicted molar refractivity (Wildman–Crippen MR) is 125 cm³/mol. The van der Waals surface area contributed by atoms with Crippen LogP contribution in [0.3, 0.4) is 0 Å². The van der Waals surface area contributed by atoms with Crippen LogP contribution < -0.4 is 15.1 Å². The van der Waals surface area contributed by atoms with Crippen LogP contribution in [0.1, 0.15) is 11.1 Å². The third kappa shape index (κ3) is 3.56. The van der Waals surface area contributed by atoms with Crippen molar-refractivity contribution in [2.75, 3.05) is 22.1 Å². The highest BCUT2D eigenvalue weighted by molar-refractivity contribution is 8.02.